The first-order valence-electron chi connectivity index (χ1n) is 7.30. The van der Waals surface area contributed by atoms with E-state index in [2.05, 4.69) is 10.6 Å². The van der Waals surface area contributed by atoms with E-state index in [1.807, 2.05) is 44.2 Å². The lowest BCUT2D eigenvalue weighted by Crippen LogP contribution is -2.32. The Morgan fingerprint density at radius 1 is 1.22 bits per heavy atom. The molecule has 0 saturated carbocycles. The van der Waals surface area contributed by atoms with Crippen molar-refractivity contribution in [3.05, 3.63) is 69.8 Å². The van der Waals surface area contributed by atoms with Crippen LogP contribution in [0.5, 0.6) is 0 Å². The number of non-ortho nitro benzene ring substituents is 1. The zero-order chi connectivity index (χ0) is 16.8. The maximum atomic E-state index is 12.0. The van der Waals surface area contributed by atoms with E-state index in [0.29, 0.717) is 5.69 Å². The molecular weight excluding hydrogens is 294 g/mol. The van der Waals surface area contributed by atoms with Gasteiger partial charge in [0, 0.05) is 17.8 Å². The first kappa shape index (κ1) is 16.5. The van der Waals surface area contributed by atoms with Crippen LogP contribution in [0.1, 0.15) is 24.1 Å². The van der Waals surface area contributed by atoms with Crippen molar-refractivity contribution in [2.75, 3.05) is 11.9 Å². The number of nitro groups is 1. The maximum absolute atomic E-state index is 12.0. The van der Waals surface area contributed by atoms with Gasteiger partial charge in [-0.15, -0.1) is 0 Å². The molecule has 0 spiro atoms. The Morgan fingerprint density at radius 2 is 1.91 bits per heavy atom. The van der Waals surface area contributed by atoms with E-state index in [4.69, 9.17) is 0 Å². The molecular formula is C17H19N3O3. The molecule has 2 aromatic rings. The lowest BCUT2D eigenvalue weighted by Gasteiger charge is -2.15. The molecule has 2 rings (SSSR count). The van der Waals surface area contributed by atoms with Gasteiger partial charge in [-0.1, -0.05) is 36.4 Å². The van der Waals surface area contributed by atoms with Crippen molar-refractivity contribution < 1.29 is 9.72 Å². The van der Waals surface area contributed by atoms with Gasteiger partial charge in [-0.05, 0) is 25.0 Å². The highest BCUT2D eigenvalue weighted by Crippen LogP contribution is 2.21. The van der Waals surface area contributed by atoms with Gasteiger partial charge in [-0.3, -0.25) is 14.9 Å². The molecule has 1 amide bonds. The number of nitrogens with one attached hydrogen (secondary N) is 2. The van der Waals surface area contributed by atoms with Gasteiger partial charge in [-0.25, -0.2) is 0 Å². The van der Waals surface area contributed by atoms with Gasteiger partial charge in [0.25, 0.3) is 5.69 Å². The molecule has 6 nitrogen and oxygen atoms in total. The standard InChI is InChI=1S/C17H19N3O3/c1-12-8-9-15(20(22)23)10-16(12)18-11-17(21)19-13(2)14-6-4-3-5-7-14/h3-10,13,18H,11H2,1-2H3,(H,19,21)/t13-/m1/s1. The predicted octanol–water partition coefficient (Wildman–Crippen LogP) is 3.19. The first-order chi connectivity index (χ1) is 11.0. The van der Waals surface area contributed by atoms with E-state index >= 15 is 0 Å². The van der Waals surface area contributed by atoms with Gasteiger partial charge < -0.3 is 10.6 Å². The number of hydrogen-bond donors (Lipinski definition) is 2. The van der Waals surface area contributed by atoms with Crippen LogP contribution < -0.4 is 10.6 Å². The Bertz CT molecular complexity index is 701. The zero-order valence-electron chi connectivity index (χ0n) is 13.1. The van der Waals surface area contributed by atoms with Gasteiger partial charge in [0.1, 0.15) is 0 Å². The van der Waals surface area contributed by atoms with Gasteiger partial charge in [0.15, 0.2) is 0 Å². The summed E-state index contributed by atoms with van der Waals surface area (Å²) in [6, 6.07) is 14.1. The van der Waals surface area contributed by atoms with Crippen LogP contribution in [-0.2, 0) is 4.79 Å². The predicted molar refractivity (Wildman–Crippen MR) is 89.3 cm³/mol. The fraction of sp³-hybridized carbons (Fsp3) is 0.235. The third-order valence-corrected chi connectivity index (χ3v) is 3.55. The Balaban J connectivity index is 1.94. The molecule has 0 aliphatic heterocycles. The summed E-state index contributed by atoms with van der Waals surface area (Å²) < 4.78 is 0. The average Bonchev–Trinajstić information content (AvgIpc) is 2.54. The number of anilines is 1. The fourth-order valence-corrected chi connectivity index (χ4v) is 2.21. The number of benzene rings is 2. The van der Waals surface area contributed by atoms with Crippen molar-refractivity contribution in [3.8, 4) is 0 Å². The van der Waals surface area contributed by atoms with Crippen LogP contribution in [0.2, 0.25) is 0 Å². The number of carbonyl (C=O) groups is 1. The number of aryl methyl sites for hydroxylation is 1. The Kier molecular flexibility index (Phi) is 5.30. The van der Waals surface area contributed by atoms with Crippen LogP contribution in [0.3, 0.4) is 0 Å². The molecule has 2 N–H and O–H groups in total. The maximum Gasteiger partial charge on any atom is 0.271 e. The summed E-state index contributed by atoms with van der Waals surface area (Å²) in [5, 5.41) is 16.6. The number of amides is 1. The van der Waals surface area contributed by atoms with Crippen LogP contribution >= 0.6 is 0 Å². The summed E-state index contributed by atoms with van der Waals surface area (Å²) in [5.74, 6) is -0.174. The van der Waals surface area contributed by atoms with Crippen LogP contribution in [0.4, 0.5) is 11.4 Å². The molecule has 0 radical (unpaired) electrons. The van der Waals surface area contributed by atoms with Crippen LogP contribution in [0.25, 0.3) is 0 Å². The van der Waals surface area contributed by atoms with Gasteiger partial charge in [-0.2, -0.15) is 0 Å². The van der Waals surface area contributed by atoms with Crippen molar-refractivity contribution in [3.63, 3.8) is 0 Å². The minimum absolute atomic E-state index is 0.00355. The average molecular weight is 313 g/mol. The van der Waals surface area contributed by atoms with Crippen LogP contribution in [-0.4, -0.2) is 17.4 Å². The molecule has 0 heterocycles. The highest BCUT2D eigenvalue weighted by Gasteiger charge is 2.11. The second-order valence-electron chi connectivity index (χ2n) is 5.31. The van der Waals surface area contributed by atoms with Crippen LogP contribution in [0, 0.1) is 17.0 Å². The number of hydrogen-bond acceptors (Lipinski definition) is 4. The molecule has 0 bridgehead atoms. The highest BCUT2D eigenvalue weighted by atomic mass is 16.6. The number of carbonyl (C=O) groups excluding carboxylic acids is 1. The second-order valence-corrected chi connectivity index (χ2v) is 5.31. The number of nitro benzene ring substituents is 1. The minimum Gasteiger partial charge on any atom is -0.376 e. The SMILES string of the molecule is Cc1ccc([N+](=O)[O-])cc1NCC(=O)N[C@H](C)c1ccccc1. The van der Waals surface area contributed by atoms with E-state index in [0.717, 1.165) is 11.1 Å². The molecule has 0 aliphatic carbocycles. The van der Waals surface area contributed by atoms with Crippen molar-refractivity contribution >= 4 is 17.3 Å². The van der Waals surface area contributed by atoms with Crippen molar-refractivity contribution in [1.82, 2.24) is 5.32 Å². The molecule has 6 heteroatoms. The molecule has 0 saturated heterocycles. The molecule has 0 fully saturated rings. The molecule has 0 unspecified atom stereocenters. The van der Waals surface area contributed by atoms with Crippen molar-refractivity contribution in [2.24, 2.45) is 0 Å². The highest BCUT2D eigenvalue weighted by molar-refractivity contribution is 5.81. The van der Waals surface area contributed by atoms with E-state index in [1.165, 1.54) is 12.1 Å². The van der Waals surface area contributed by atoms with Crippen LogP contribution in [0.15, 0.2) is 48.5 Å². The third-order valence-electron chi connectivity index (χ3n) is 3.55. The molecule has 0 aliphatic rings. The Morgan fingerprint density at radius 3 is 2.57 bits per heavy atom. The number of rotatable bonds is 6. The summed E-state index contributed by atoms with van der Waals surface area (Å²) in [6.07, 6.45) is 0. The van der Waals surface area contributed by atoms with Gasteiger partial charge in [0.2, 0.25) is 5.91 Å². The monoisotopic (exact) mass is 313 g/mol. The summed E-state index contributed by atoms with van der Waals surface area (Å²) in [7, 11) is 0. The summed E-state index contributed by atoms with van der Waals surface area (Å²) in [6.45, 7) is 3.79. The van der Waals surface area contributed by atoms with E-state index in [1.54, 1.807) is 6.07 Å². The Labute approximate surface area is 134 Å². The van der Waals surface area contributed by atoms with Crippen molar-refractivity contribution in [2.45, 2.75) is 19.9 Å². The first-order valence-corrected chi connectivity index (χ1v) is 7.30. The lowest BCUT2D eigenvalue weighted by molar-refractivity contribution is -0.384. The third kappa shape index (κ3) is 4.54. The molecule has 0 aromatic heterocycles. The van der Waals surface area contributed by atoms with E-state index in [-0.39, 0.29) is 24.2 Å². The molecule has 120 valence electrons. The second kappa shape index (κ2) is 7.40. The lowest BCUT2D eigenvalue weighted by atomic mass is 10.1. The minimum atomic E-state index is -0.456. The topological polar surface area (TPSA) is 84.3 Å². The molecule has 2 aromatic carbocycles. The molecule has 1 atom stereocenters. The van der Waals surface area contributed by atoms with Gasteiger partial charge >= 0.3 is 0 Å². The smallest absolute Gasteiger partial charge is 0.271 e. The fourth-order valence-electron chi connectivity index (χ4n) is 2.21. The summed E-state index contributed by atoms with van der Waals surface area (Å²) in [5.41, 5.74) is 2.45. The normalized spacial score (nSPS) is 11.6. The van der Waals surface area contributed by atoms with Gasteiger partial charge in [0.05, 0.1) is 17.5 Å². The zero-order valence-corrected chi connectivity index (χ0v) is 13.1. The molecule has 23 heavy (non-hydrogen) atoms. The van der Waals surface area contributed by atoms with E-state index < -0.39 is 4.92 Å². The summed E-state index contributed by atoms with van der Waals surface area (Å²) in [4.78, 5) is 22.4. The quantitative estimate of drug-likeness (QED) is 0.633. The number of nitrogens with zero attached hydrogens (tertiary/aromatic N) is 1. The Hall–Kier alpha value is -2.89. The van der Waals surface area contributed by atoms with Crippen molar-refractivity contribution in [1.29, 1.82) is 0 Å². The largest absolute Gasteiger partial charge is 0.376 e. The summed E-state index contributed by atoms with van der Waals surface area (Å²) >= 11 is 0. The van der Waals surface area contributed by atoms with E-state index in [9.17, 15) is 14.9 Å².